The number of fused-ring (bicyclic) bond motifs is 1. The van der Waals surface area contributed by atoms with E-state index in [1.165, 1.54) is 5.56 Å². The summed E-state index contributed by atoms with van der Waals surface area (Å²) in [4.78, 5) is 17.2. The molecule has 1 N–H and O–H groups in total. The van der Waals surface area contributed by atoms with E-state index in [-0.39, 0.29) is 5.91 Å². The first-order valence-electron chi connectivity index (χ1n) is 8.34. The molecular formula is C21H22N2O2. The molecule has 0 radical (unpaired) electrons. The molecule has 3 rings (SSSR count). The first-order valence-corrected chi connectivity index (χ1v) is 8.34. The van der Waals surface area contributed by atoms with Gasteiger partial charge in [0.05, 0.1) is 23.9 Å². The molecule has 0 fully saturated rings. The van der Waals surface area contributed by atoms with Gasteiger partial charge in [-0.1, -0.05) is 26.0 Å². The zero-order valence-corrected chi connectivity index (χ0v) is 15.0. The maximum absolute atomic E-state index is 12.6. The molecule has 0 spiro atoms. The molecule has 0 aliphatic carbocycles. The lowest BCUT2D eigenvalue weighted by atomic mass is 10.0. The molecule has 0 aliphatic rings. The maximum Gasteiger partial charge on any atom is 0.257 e. The second kappa shape index (κ2) is 6.93. The fourth-order valence-corrected chi connectivity index (χ4v) is 2.75. The molecule has 2 aromatic carbocycles. The van der Waals surface area contributed by atoms with E-state index in [9.17, 15) is 4.79 Å². The fourth-order valence-electron chi connectivity index (χ4n) is 2.75. The average molecular weight is 334 g/mol. The lowest BCUT2D eigenvalue weighted by Crippen LogP contribution is -2.14. The first-order chi connectivity index (χ1) is 12.0. The van der Waals surface area contributed by atoms with Crippen molar-refractivity contribution in [2.24, 2.45) is 0 Å². The Morgan fingerprint density at radius 2 is 1.80 bits per heavy atom. The number of aryl methyl sites for hydroxylation is 1. The maximum atomic E-state index is 12.6. The van der Waals surface area contributed by atoms with Crippen LogP contribution in [0.5, 0.6) is 5.75 Å². The van der Waals surface area contributed by atoms with Gasteiger partial charge in [-0.25, -0.2) is 0 Å². The number of hydrogen-bond donors (Lipinski definition) is 1. The van der Waals surface area contributed by atoms with Gasteiger partial charge in [0.1, 0.15) is 5.75 Å². The van der Waals surface area contributed by atoms with E-state index < -0.39 is 0 Å². The molecule has 0 saturated carbocycles. The Kier molecular flexibility index (Phi) is 4.70. The molecule has 0 atom stereocenters. The lowest BCUT2D eigenvalue weighted by molar-refractivity contribution is 0.102. The number of nitrogens with one attached hydrogen (secondary N) is 1. The summed E-state index contributed by atoms with van der Waals surface area (Å²) < 4.78 is 5.23. The van der Waals surface area contributed by atoms with Crippen LogP contribution in [-0.4, -0.2) is 18.0 Å². The van der Waals surface area contributed by atoms with Crippen LogP contribution in [0.1, 0.15) is 41.4 Å². The molecule has 4 heteroatoms. The first kappa shape index (κ1) is 17.0. The minimum Gasteiger partial charge on any atom is -0.497 e. The Morgan fingerprint density at radius 1 is 1.08 bits per heavy atom. The van der Waals surface area contributed by atoms with Gasteiger partial charge >= 0.3 is 0 Å². The van der Waals surface area contributed by atoms with Crippen molar-refractivity contribution in [3.8, 4) is 5.75 Å². The lowest BCUT2D eigenvalue weighted by Gasteiger charge is -2.11. The molecule has 0 bridgehead atoms. The van der Waals surface area contributed by atoms with Crippen LogP contribution in [-0.2, 0) is 0 Å². The number of rotatable bonds is 4. The molecule has 0 unspecified atom stereocenters. The molecular weight excluding hydrogens is 312 g/mol. The van der Waals surface area contributed by atoms with E-state index in [1.807, 2.05) is 55.5 Å². The monoisotopic (exact) mass is 334 g/mol. The van der Waals surface area contributed by atoms with Crippen molar-refractivity contribution in [2.45, 2.75) is 26.7 Å². The van der Waals surface area contributed by atoms with Gasteiger partial charge in [0.25, 0.3) is 5.91 Å². The van der Waals surface area contributed by atoms with Crippen LogP contribution in [0.2, 0.25) is 0 Å². The minimum absolute atomic E-state index is 0.153. The van der Waals surface area contributed by atoms with Gasteiger partial charge in [0, 0.05) is 17.1 Å². The summed E-state index contributed by atoms with van der Waals surface area (Å²) in [5, 5.41) is 3.86. The molecule has 128 valence electrons. The molecule has 25 heavy (non-hydrogen) atoms. The Labute approximate surface area is 147 Å². The van der Waals surface area contributed by atoms with Gasteiger partial charge in [-0.05, 0) is 48.7 Å². The molecule has 1 amide bonds. The van der Waals surface area contributed by atoms with Gasteiger partial charge < -0.3 is 10.1 Å². The Hall–Kier alpha value is -2.88. The van der Waals surface area contributed by atoms with Crippen LogP contribution in [0.25, 0.3) is 10.9 Å². The summed E-state index contributed by atoms with van der Waals surface area (Å²) in [7, 11) is 1.63. The number of aromatic nitrogens is 1. The number of carbonyl (C=O) groups is 1. The Bertz CT molecular complexity index is 915. The highest BCUT2D eigenvalue weighted by Gasteiger charge is 2.12. The summed E-state index contributed by atoms with van der Waals surface area (Å²) in [5.41, 5.74) is 4.11. The van der Waals surface area contributed by atoms with Crippen LogP contribution >= 0.6 is 0 Å². The van der Waals surface area contributed by atoms with E-state index in [1.54, 1.807) is 7.11 Å². The largest absolute Gasteiger partial charge is 0.497 e. The van der Waals surface area contributed by atoms with Crippen LogP contribution in [0.3, 0.4) is 0 Å². The predicted molar refractivity (Wildman–Crippen MR) is 102 cm³/mol. The van der Waals surface area contributed by atoms with E-state index in [4.69, 9.17) is 4.74 Å². The highest BCUT2D eigenvalue weighted by atomic mass is 16.5. The van der Waals surface area contributed by atoms with Crippen molar-refractivity contribution < 1.29 is 9.53 Å². The third-order valence-corrected chi connectivity index (χ3v) is 4.30. The summed E-state index contributed by atoms with van der Waals surface area (Å²) in [6.07, 6.45) is 0. The second-order valence-corrected chi connectivity index (χ2v) is 6.41. The van der Waals surface area contributed by atoms with Crippen LogP contribution in [0, 0.1) is 6.92 Å². The number of pyridine rings is 1. The summed E-state index contributed by atoms with van der Waals surface area (Å²) >= 11 is 0. The number of hydrogen-bond acceptors (Lipinski definition) is 3. The zero-order valence-electron chi connectivity index (χ0n) is 15.0. The number of amides is 1. The summed E-state index contributed by atoms with van der Waals surface area (Å²) in [6.45, 7) is 6.13. The quantitative estimate of drug-likeness (QED) is 0.736. The number of benzene rings is 2. The number of carbonyl (C=O) groups excluding carboxylic acids is 1. The minimum atomic E-state index is -0.153. The van der Waals surface area contributed by atoms with Crippen molar-refractivity contribution in [3.05, 3.63) is 65.4 Å². The van der Waals surface area contributed by atoms with Crippen LogP contribution in [0.4, 0.5) is 5.69 Å². The Balaban J connectivity index is 1.87. The number of ether oxygens (including phenoxy) is 1. The number of nitrogens with zero attached hydrogens (tertiary/aromatic N) is 1. The van der Waals surface area contributed by atoms with Gasteiger partial charge in [-0.3, -0.25) is 9.78 Å². The topological polar surface area (TPSA) is 51.2 Å². The molecule has 0 saturated heterocycles. The molecule has 1 heterocycles. The van der Waals surface area contributed by atoms with Gasteiger partial charge in [-0.2, -0.15) is 0 Å². The van der Waals surface area contributed by atoms with Gasteiger partial charge in [0.2, 0.25) is 0 Å². The SMILES string of the molecule is COc1ccc2cc(C(=O)Nc3ccc(C(C)C)cc3)c(C)nc2c1. The predicted octanol–water partition coefficient (Wildman–Crippen LogP) is 4.93. The fraction of sp³-hybridized carbons (Fsp3) is 0.238. The van der Waals surface area contributed by atoms with Crippen LogP contribution < -0.4 is 10.1 Å². The highest BCUT2D eigenvalue weighted by Crippen LogP contribution is 2.23. The number of anilines is 1. The van der Waals surface area contributed by atoms with Crippen molar-refractivity contribution in [2.75, 3.05) is 12.4 Å². The average Bonchev–Trinajstić information content (AvgIpc) is 2.60. The van der Waals surface area contributed by atoms with Crippen molar-refractivity contribution >= 4 is 22.5 Å². The summed E-state index contributed by atoms with van der Waals surface area (Å²) in [5.74, 6) is 1.07. The molecule has 4 nitrogen and oxygen atoms in total. The van der Waals surface area contributed by atoms with Crippen molar-refractivity contribution in [1.82, 2.24) is 4.98 Å². The smallest absolute Gasteiger partial charge is 0.257 e. The summed E-state index contributed by atoms with van der Waals surface area (Å²) in [6, 6.07) is 15.5. The second-order valence-electron chi connectivity index (χ2n) is 6.41. The van der Waals surface area contributed by atoms with Crippen molar-refractivity contribution in [1.29, 1.82) is 0 Å². The third-order valence-electron chi connectivity index (χ3n) is 4.30. The third kappa shape index (κ3) is 3.63. The Morgan fingerprint density at radius 3 is 2.44 bits per heavy atom. The van der Waals surface area contributed by atoms with E-state index in [0.29, 0.717) is 17.2 Å². The molecule has 1 aromatic heterocycles. The number of methoxy groups -OCH3 is 1. The molecule has 0 aliphatic heterocycles. The molecule has 3 aromatic rings. The van der Waals surface area contributed by atoms with Crippen molar-refractivity contribution in [3.63, 3.8) is 0 Å². The zero-order chi connectivity index (χ0) is 18.0. The normalized spacial score (nSPS) is 10.9. The van der Waals surface area contributed by atoms with E-state index in [2.05, 4.69) is 24.1 Å². The van der Waals surface area contributed by atoms with Gasteiger partial charge in [-0.15, -0.1) is 0 Å². The van der Waals surface area contributed by atoms with E-state index in [0.717, 1.165) is 22.3 Å². The highest BCUT2D eigenvalue weighted by molar-refractivity contribution is 6.06. The standard InChI is InChI=1S/C21H22N2O2/c1-13(2)15-5-8-17(9-6-15)23-21(24)19-11-16-7-10-18(25-4)12-20(16)22-14(19)3/h5-13H,1-4H3,(H,23,24). The van der Waals surface area contributed by atoms with E-state index >= 15 is 0 Å². The van der Waals surface area contributed by atoms with Gasteiger partial charge in [0.15, 0.2) is 0 Å². The van der Waals surface area contributed by atoms with Crippen LogP contribution in [0.15, 0.2) is 48.5 Å².